The van der Waals surface area contributed by atoms with E-state index in [1.807, 2.05) is 35.0 Å². The van der Waals surface area contributed by atoms with Gasteiger partial charge in [-0.1, -0.05) is 18.2 Å². The van der Waals surface area contributed by atoms with Crippen LogP contribution < -0.4 is 10.5 Å². The largest absolute Gasteiger partial charge is 0.416 e. The number of morpholine rings is 1. The van der Waals surface area contributed by atoms with Crippen LogP contribution in [0.25, 0.3) is 16.4 Å². The van der Waals surface area contributed by atoms with E-state index < -0.39 is 12.3 Å². The summed E-state index contributed by atoms with van der Waals surface area (Å²) in [6.45, 7) is 0.162. The molecule has 0 saturated carbocycles. The molecule has 4 aromatic rings. The number of halogens is 3. The van der Waals surface area contributed by atoms with Gasteiger partial charge in [0.2, 0.25) is 0 Å². The molecular weight excluding hydrogens is 423 g/mol. The van der Waals surface area contributed by atoms with Crippen LogP contribution in [0.5, 0.6) is 0 Å². The van der Waals surface area contributed by atoms with E-state index in [2.05, 4.69) is 10.1 Å². The van der Waals surface area contributed by atoms with Crippen LogP contribution in [0.15, 0.2) is 59.8 Å². The maximum Gasteiger partial charge on any atom is 0.416 e. The van der Waals surface area contributed by atoms with Crippen molar-refractivity contribution >= 4 is 22.1 Å². The van der Waals surface area contributed by atoms with E-state index in [4.69, 9.17) is 4.74 Å². The van der Waals surface area contributed by atoms with Crippen molar-refractivity contribution in [3.8, 4) is 0 Å². The second-order valence-electron chi connectivity index (χ2n) is 7.71. The number of ether oxygens (including phenoxy) is 1. The van der Waals surface area contributed by atoms with Crippen LogP contribution in [-0.4, -0.2) is 51.1 Å². The Kier molecular flexibility index (Phi) is 5.09. The molecule has 1 aliphatic heterocycles. The number of hydrogen-bond donors (Lipinski definition) is 0. The number of aryl methyl sites for hydroxylation is 2. The summed E-state index contributed by atoms with van der Waals surface area (Å²) in [5.41, 5.74) is 1.76. The molecule has 0 aliphatic carbocycles. The molecule has 0 amide bonds. The lowest BCUT2D eigenvalue weighted by Gasteiger charge is -2.35. The molecule has 0 spiro atoms. The number of pyridine rings is 1. The Morgan fingerprint density at radius 2 is 2.03 bits per heavy atom. The molecule has 0 radical (unpaired) electrons. The van der Waals surface area contributed by atoms with Gasteiger partial charge in [-0.25, -0.2) is 9.67 Å². The highest BCUT2D eigenvalue weighted by Gasteiger charge is 2.43. The highest BCUT2D eigenvalue weighted by atomic mass is 19.4. The second kappa shape index (κ2) is 7.94. The fourth-order valence-electron chi connectivity index (χ4n) is 4.03. The molecule has 1 atom stereocenters. The van der Waals surface area contributed by atoms with Gasteiger partial charge in [-0.15, -0.1) is 0 Å². The molecule has 0 bridgehead atoms. The number of aromatic nitrogens is 4. The average molecular weight is 443 g/mol. The molecule has 5 rings (SSSR count). The van der Waals surface area contributed by atoms with E-state index >= 15 is 0 Å². The zero-order chi connectivity index (χ0) is 22.3. The first-order valence-corrected chi connectivity index (χ1v) is 10.2. The maximum atomic E-state index is 13.3. The quantitative estimate of drug-likeness (QED) is 0.485. The number of fused-ring (bicyclic) bond motifs is 2. The molecule has 166 valence electrons. The topological polar surface area (TPSA) is 64.7 Å². The first-order valence-electron chi connectivity index (χ1n) is 10.2. The number of alkyl halides is 3. The molecule has 1 saturated heterocycles. The van der Waals surface area contributed by atoms with Gasteiger partial charge in [-0.2, -0.15) is 18.3 Å². The fourth-order valence-corrected chi connectivity index (χ4v) is 4.03. The summed E-state index contributed by atoms with van der Waals surface area (Å²) in [5, 5.41) is 5.21. The van der Waals surface area contributed by atoms with Crippen molar-refractivity contribution in [2.45, 2.75) is 25.2 Å². The number of nitrogens with zero attached hydrogens (tertiary/aromatic N) is 5. The highest BCUT2D eigenvalue weighted by Crippen LogP contribution is 2.30. The first kappa shape index (κ1) is 20.5. The molecular formula is C22H20F3N5O2. The summed E-state index contributed by atoms with van der Waals surface area (Å²) >= 11 is 0. The van der Waals surface area contributed by atoms with Crippen LogP contribution in [0, 0.1) is 0 Å². The van der Waals surface area contributed by atoms with Crippen molar-refractivity contribution in [1.29, 1.82) is 0 Å². The maximum absolute atomic E-state index is 13.3. The molecule has 1 unspecified atom stereocenters. The number of anilines is 1. The van der Waals surface area contributed by atoms with Gasteiger partial charge >= 0.3 is 6.18 Å². The lowest BCUT2D eigenvalue weighted by atomic mass is 10.1. The third-order valence-electron chi connectivity index (χ3n) is 5.63. The van der Waals surface area contributed by atoms with Gasteiger partial charge in [0, 0.05) is 30.7 Å². The molecule has 3 aromatic heterocycles. The number of rotatable bonds is 4. The molecule has 1 aliphatic rings. The summed E-state index contributed by atoms with van der Waals surface area (Å²) < 4.78 is 47.7. The standard InChI is InChI=1S/C22H20F3N5O2/c23-22(24,25)18-14-28(10-11-32-18)17-5-3-4-15-12-26-30(21(31)20(15)17)9-7-16-13-29-8-2-1-6-19(29)27-16/h1-6,8,12-13,18H,7,9-11,14H2. The highest BCUT2D eigenvalue weighted by molar-refractivity contribution is 5.93. The molecule has 7 nitrogen and oxygen atoms in total. The van der Waals surface area contributed by atoms with Crippen LogP contribution in [0.2, 0.25) is 0 Å². The van der Waals surface area contributed by atoms with Crippen LogP contribution in [0.1, 0.15) is 5.69 Å². The van der Waals surface area contributed by atoms with Crippen LogP contribution in [0.4, 0.5) is 18.9 Å². The lowest BCUT2D eigenvalue weighted by molar-refractivity contribution is -0.221. The number of imidazole rings is 1. The minimum Gasteiger partial charge on any atom is -0.366 e. The van der Waals surface area contributed by atoms with Crippen LogP contribution in [-0.2, 0) is 17.7 Å². The normalized spacial score (nSPS) is 17.3. The van der Waals surface area contributed by atoms with Crippen LogP contribution in [0.3, 0.4) is 0 Å². The Balaban J connectivity index is 1.45. The molecule has 10 heteroatoms. The van der Waals surface area contributed by atoms with Crippen molar-refractivity contribution in [3.05, 3.63) is 71.0 Å². The first-order chi connectivity index (χ1) is 15.4. The van der Waals surface area contributed by atoms with E-state index in [1.165, 1.54) is 4.68 Å². The van der Waals surface area contributed by atoms with E-state index in [0.29, 0.717) is 29.4 Å². The predicted molar refractivity (Wildman–Crippen MR) is 113 cm³/mol. The second-order valence-corrected chi connectivity index (χ2v) is 7.71. The van der Waals surface area contributed by atoms with E-state index in [0.717, 1.165) is 11.3 Å². The van der Waals surface area contributed by atoms with E-state index in [1.54, 1.807) is 29.3 Å². The van der Waals surface area contributed by atoms with Gasteiger partial charge in [-0.05, 0) is 18.2 Å². The fraction of sp³-hybridized carbons (Fsp3) is 0.318. The summed E-state index contributed by atoms with van der Waals surface area (Å²) in [7, 11) is 0. The zero-order valence-electron chi connectivity index (χ0n) is 17.0. The van der Waals surface area contributed by atoms with Crippen LogP contribution >= 0.6 is 0 Å². The molecule has 4 heterocycles. The third kappa shape index (κ3) is 3.81. The van der Waals surface area contributed by atoms with E-state index in [-0.39, 0.29) is 25.3 Å². The summed E-state index contributed by atoms with van der Waals surface area (Å²) in [5.74, 6) is 0. The van der Waals surface area contributed by atoms with Crippen molar-refractivity contribution in [2.75, 3.05) is 24.6 Å². The molecule has 0 N–H and O–H groups in total. The summed E-state index contributed by atoms with van der Waals surface area (Å²) in [4.78, 5) is 19.4. The zero-order valence-corrected chi connectivity index (χ0v) is 17.0. The number of hydrogen-bond acceptors (Lipinski definition) is 5. The predicted octanol–water partition coefficient (Wildman–Crippen LogP) is 3.05. The SMILES string of the molecule is O=c1c2c(N3CCOC(C(F)(F)F)C3)cccc2cnn1CCc1cn2ccccc2n1. The summed E-state index contributed by atoms with van der Waals surface area (Å²) in [6, 6.07) is 10.8. The van der Waals surface area contributed by atoms with Gasteiger partial charge in [0.1, 0.15) is 5.65 Å². The third-order valence-corrected chi connectivity index (χ3v) is 5.63. The average Bonchev–Trinajstić information content (AvgIpc) is 3.21. The van der Waals surface area contributed by atoms with Crippen molar-refractivity contribution in [3.63, 3.8) is 0 Å². The Bertz CT molecular complexity index is 1300. The minimum absolute atomic E-state index is 0.0618. The Morgan fingerprint density at radius 1 is 1.16 bits per heavy atom. The van der Waals surface area contributed by atoms with Gasteiger partial charge in [0.25, 0.3) is 5.56 Å². The number of benzene rings is 1. The molecule has 32 heavy (non-hydrogen) atoms. The lowest BCUT2D eigenvalue weighted by Crippen LogP contribution is -2.49. The van der Waals surface area contributed by atoms with Gasteiger partial charge in [-0.3, -0.25) is 4.79 Å². The smallest absolute Gasteiger partial charge is 0.366 e. The van der Waals surface area contributed by atoms with Gasteiger partial charge < -0.3 is 14.0 Å². The molecule has 1 aromatic carbocycles. The monoisotopic (exact) mass is 443 g/mol. The van der Waals surface area contributed by atoms with Crippen molar-refractivity contribution in [2.24, 2.45) is 0 Å². The van der Waals surface area contributed by atoms with Crippen molar-refractivity contribution < 1.29 is 17.9 Å². The Morgan fingerprint density at radius 3 is 2.84 bits per heavy atom. The summed E-state index contributed by atoms with van der Waals surface area (Å²) in [6.07, 6.45) is -0.473. The van der Waals surface area contributed by atoms with Gasteiger partial charge in [0.15, 0.2) is 6.10 Å². The minimum atomic E-state index is -4.46. The van der Waals surface area contributed by atoms with Crippen molar-refractivity contribution in [1.82, 2.24) is 19.2 Å². The van der Waals surface area contributed by atoms with E-state index in [9.17, 15) is 18.0 Å². The Hall–Kier alpha value is -3.40. The molecule has 1 fully saturated rings. The Labute approximate surface area is 180 Å². The van der Waals surface area contributed by atoms with Gasteiger partial charge in [0.05, 0.1) is 42.7 Å².